The van der Waals surface area contributed by atoms with E-state index in [0.29, 0.717) is 10.2 Å². The molecule has 1 aliphatic heterocycles. The maximum absolute atomic E-state index is 12.7. The lowest BCUT2D eigenvalue weighted by molar-refractivity contribution is -0.120. The molecule has 1 aromatic rings. The highest BCUT2D eigenvalue weighted by atomic mass is 79.9. The molecule has 18 heavy (non-hydrogen) atoms. The second kappa shape index (κ2) is 4.38. The van der Waals surface area contributed by atoms with Crippen LogP contribution in [0.25, 0.3) is 0 Å². The van der Waals surface area contributed by atoms with Crippen LogP contribution in [0.1, 0.15) is 6.92 Å². The van der Waals surface area contributed by atoms with Gasteiger partial charge in [0.05, 0.1) is 11.6 Å². The molecule has 2 rings (SSSR count). The normalized spacial score (nSPS) is 20.3. The third-order valence-corrected chi connectivity index (χ3v) is 3.24. The lowest BCUT2D eigenvalue weighted by Crippen LogP contribution is -2.31. The van der Waals surface area contributed by atoms with Gasteiger partial charge in [-0.2, -0.15) is 23.3 Å². The number of benzene rings is 1. The molecule has 1 aromatic carbocycles. The van der Waals surface area contributed by atoms with Crippen LogP contribution in [0.4, 0.5) is 18.9 Å². The van der Waals surface area contributed by atoms with Gasteiger partial charge >= 0.3 is 6.18 Å². The van der Waals surface area contributed by atoms with Crippen LogP contribution in [-0.4, -0.2) is 17.8 Å². The third-order valence-electron chi connectivity index (χ3n) is 2.57. The van der Waals surface area contributed by atoms with Crippen molar-refractivity contribution in [2.75, 3.05) is 5.01 Å². The fraction of sp³-hybridized carbons (Fsp3) is 0.273. The van der Waals surface area contributed by atoms with E-state index in [0.717, 1.165) is 5.01 Å². The van der Waals surface area contributed by atoms with Crippen LogP contribution < -0.4 is 5.01 Å². The summed E-state index contributed by atoms with van der Waals surface area (Å²) in [5, 5.41) is 4.19. The van der Waals surface area contributed by atoms with Crippen LogP contribution in [0, 0.1) is 5.92 Å². The average Bonchev–Trinajstić information content (AvgIpc) is 2.57. The molecule has 0 radical (unpaired) electrons. The molecular weight excluding hydrogens is 313 g/mol. The molecule has 0 spiro atoms. The van der Waals surface area contributed by atoms with Crippen molar-refractivity contribution in [2.24, 2.45) is 11.0 Å². The second-order valence-corrected chi connectivity index (χ2v) is 4.66. The van der Waals surface area contributed by atoms with E-state index >= 15 is 0 Å². The van der Waals surface area contributed by atoms with E-state index in [1.807, 2.05) is 0 Å². The fourth-order valence-corrected chi connectivity index (χ4v) is 2.10. The molecule has 7 heteroatoms. The maximum Gasteiger partial charge on any atom is 0.432 e. The molecule has 1 aliphatic rings. The number of nitrogens with zero attached hydrogens (tertiary/aromatic N) is 2. The smallest absolute Gasteiger partial charge is 0.272 e. The Bertz CT molecular complexity index is 527. The minimum absolute atomic E-state index is 0.300. The Kier molecular flexibility index (Phi) is 3.18. The Hall–Kier alpha value is -1.37. The molecule has 1 heterocycles. The Labute approximate surface area is 109 Å². The van der Waals surface area contributed by atoms with E-state index in [-0.39, 0.29) is 0 Å². The van der Waals surface area contributed by atoms with Crippen LogP contribution in [0.5, 0.6) is 0 Å². The monoisotopic (exact) mass is 320 g/mol. The van der Waals surface area contributed by atoms with Gasteiger partial charge in [-0.3, -0.25) is 4.79 Å². The van der Waals surface area contributed by atoms with Crippen molar-refractivity contribution in [3.8, 4) is 0 Å². The molecule has 1 atom stereocenters. The number of halogens is 4. The first kappa shape index (κ1) is 13.1. The summed E-state index contributed by atoms with van der Waals surface area (Å²) in [6, 6.07) is 6.48. The number of amides is 1. The largest absolute Gasteiger partial charge is 0.432 e. The topological polar surface area (TPSA) is 32.7 Å². The maximum atomic E-state index is 12.7. The molecule has 0 saturated carbocycles. The second-order valence-electron chi connectivity index (χ2n) is 3.81. The molecule has 0 aliphatic carbocycles. The van der Waals surface area contributed by atoms with E-state index in [1.165, 1.54) is 13.0 Å². The molecule has 0 bridgehead atoms. The summed E-state index contributed by atoms with van der Waals surface area (Å²) in [5.41, 5.74) is -0.767. The summed E-state index contributed by atoms with van der Waals surface area (Å²) < 4.78 is 38.5. The zero-order valence-corrected chi connectivity index (χ0v) is 10.8. The summed E-state index contributed by atoms with van der Waals surface area (Å²) >= 11 is 3.18. The molecule has 0 saturated heterocycles. The molecule has 3 nitrogen and oxygen atoms in total. The Morgan fingerprint density at radius 3 is 2.44 bits per heavy atom. The average molecular weight is 321 g/mol. The van der Waals surface area contributed by atoms with Gasteiger partial charge in [-0.15, -0.1) is 0 Å². The Morgan fingerprint density at radius 1 is 1.33 bits per heavy atom. The van der Waals surface area contributed by atoms with Gasteiger partial charge in [0.2, 0.25) is 0 Å². The number of hydrogen-bond acceptors (Lipinski definition) is 2. The minimum atomic E-state index is -4.59. The van der Waals surface area contributed by atoms with Gasteiger partial charge in [0, 0.05) is 4.47 Å². The van der Waals surface area contributed by atoms with Crippen LogP contribution in [0.15, 0.2) is 33.8 Å². The first-order valence-corrected chi connectivity index (χ1v) is 5.86. The molecule has 1 amide bonds. The molecule has 0 fully saturated rings. The van der Waals surface area contributed by atoms with E-state index in [9.17, 15) is 18.0 Å². The number of carbonyl (C=O) groups excluding carboxylic acids is 1. The summed E-state index contributed by atoms with van der Waals surface area (Å²) in [6.45, 7) is 1.20. The van der Waals surface area contributed by atoms with Crippen molar-refractivity contribution in [2.45, 2.75) is 13.1 Å². The number of para-hydroxylation sites is 1. The van der Waals surface area contributed by atoms with Gasteiger partial charge in [-0.1, -0.05) is 12.1 Å². The summed E-state index contributed by atoms with van der Waals surface area (Å²) in [7, 11) is 0. The molecule has 1 unspecified atom stereocenters. The summed E-state index contributed by atoms with van der Waals surface area (Å²) in [4.78, 5) is 11.8. The van der Waals surface area contributed by atoms with Crippen molar-refractivity contribution in [3.05, 3.63) is 28.7 Å². The summed E-state index contributed by atoms with van der Waals surface area (Å²) in [5.74, 6) is -1.97. The number of hydrazone groups is 1. The van der Waals surface area contributed by atoms with E-state index in [4.69, 9.17) is 0 Å². The lowest BCUT2D eigenvalue weighted by Gasteiger charge is -2.13. The van der Waals surface area contributed by atoms with Gasteiger partial charge in [-0.25, -0.2) is 0 Å². The van der Waals surface area contributed by atoms with E-state index < -0.39 is 23.7 Å². The van der Waals surface area contributed by atoms with E-state index in [2.05, 4.69) is 21.0 Å². The first-order chi connectivity index (χ1) is 8.32. The first-order valence-electron chi connectivity index (χ1n) is 5.06. The highest BCUT2D eigenvalue weighted by Crippen LogP contribution is 2.34. The standard InChI is InChI=1S/C11H8BrF3N2O/c1-6-9(11(13,14)15)16-17(10(6)18)8-5-3-2-4-7(8)12/h2-6H,1H3. The van der Waals surface area contributed by atoms with E-state index in [1.54, 1.807) is 18.2 Å². The molecule has 96 valence electrons. The fourth-order valence-electron chi connectivity index (χ4n) is 1.64. The third kappa shape index (κ3) is 2.14. The van der Waals surface area contributed by atoms with Crippen molar-refractivity contribution in [3.63, 3.8) is 0 Å². The number of alkyl halides is 3. The van der Waals surface area contributed by atoms with Crippen molar-refractivity contribution < 1.29 is 18.0 Å². The Balaban J connectivity index is 2.45. The zero-order valence-electron chi connectivity index (χ0n) is 9.20. The number of carbonyl (C=O) groups is 1. The predicted molar refractivity (Wildman–Crippen MR) is 64.3 cm³/mol. The van der Waals surface area contributed by atoms with Crippen LogP contribution in [0.2, 0.25) is 0 Å². The van der Waals surface area contributed by atoms with Gasteiger partial charge in [-0.05, 0) is 35.0 Å². The lowest BCUT2D eigenvalue weighted by atomic mass is 10.1. The predicted octanol–water partition coefficient (Wildman–Crippen LogP) is 3.35. The van der Waals surface area contributed by atoms with Gasteiger partial charge < -0.3 is 0 Å². The summed E-state index contributed by atoms with van der Waals surface area (Å²) in [6.07, 6.45) is -4.59. The minimum Gasteiger partial charge on any atom is -0.272 e. The molecule has 0 aromatic heterocycles. The highest BCUT2D eigenvalue weighted by molar-refractivity contribution is 9.10. The van der Waals surface area contributed by atoms with Crippen molar-refractivity contribution in [1.29, 1.82) is 0 Å². The highest BCUT2D eigenvalue weighted by Gasteiger charge is 2.48. The SMILES string of the molecule is CC1C(=O)N(c2ccccc2Br)N=C1C(F)(F)F. The van der Waals surface area contributed by atoms with Crippen LogP contribution in [-0.2, 0) is 4.79 Å². The molecular formula is C11H8BrF3N2O. The van der Waals surface area contributed by atoms with Gasteiger partial charge in [0.1, 0.15) is 0 Å². The van der Waals surface area contributed by atoms with Crippen molar-refractivity contribution >= 4 is 33.2 Å². The van der Waals surface area contributed by atoms with Gasteiger partial charge in [0.15, 0.2) is 5.71 Å². The molecule has 0 N–H and O–H groups in total. The number of anilines is 1. The van der Waals surface area contributed by atoms with Crippen LogP contribution in [0.3, 0.4) is 0 Å². The number of hydrogen-bond donors (Lipinski definition) is 0. The number of rotatable bonds is 1. The Morgan fingerprint density at radius 2 is 1.94 bits per heavy atom. The zero-order chi connectivity index (χ0) is 13.5. The van der Waals surface area contributed by atoms with Gasteiger partial charge in [0.25, 0.3) is 5.91 Å². The van der Waals surface area contributed by atoms with Crippen LogP contribution >= 0.6 is 15.9 Å². The van der Waals surface area contributed by atoms with Crippen molar-refractivity contribution in [1.82, 2.24) is 0 Å². The quantitative estimate of drug-likeness (QED) is 0.781.